The van der Waals surface area contributed by atoms with Gasteiger partial charge in [-0.25, -0.2) is 4.39 Å². The zero-order valence-corrected chi connectivity index (χ0v) is 17.8. The van der Waals surface area contributed by atoms with E-state index in [0.717, 1.165) is 38.8 Å². The van der Waals surface area contributed by atoms with Crippen molar-refractivity contribution in [3.05, 3.63) is 58.9 Å². The molecule has 1 aliphatic heterocycles. The standard InChI is InChI=1S/C25H29FN2O2/c1-17-6-7-20(10-22(17)26)30-13-19(29)11-24-14-25(15-24,16-24)27-23-5-3-4-18-12-28(2)9-8-21(18)23/h3-7,10,27H,8-9,11-16H2,1-2H3. The Bertz CT molecular complexity index is 983. The molecule has 1 heterocycles. The van der Waals surface area contributed by atoms with Gasteiger partial charge in [-0.3, -0.25) is 4.79 Å². The molecular formula is C25H29FN2O2. The molecule has 1 N–H and O–H groups in total. The fraction of sp³-hybridized carbons (Fsp3) is 0.480. The first kappa shape index (κ1) is 19.6. The number of rotatable bonds is 7. The van der Waals surface area contributed by atoms with Crippen LogP contribution < -0.4 is 10.1 Å². The van der Waals surface area contributed by atoms with Gasteiger partial charge in [0.1, 0.15) is 18.2 Å². The van der Waals surface area contributed by atoms with Crippen LogP contribution in [-0.4, -0.2) is 36.4 Å². The van der Waals surface area contributed by atoms with Gasteiger partial charge in [-0.1, -0.05) is 18.2 Å². The van der Waals surface area contributed by atoms with Crippen molar-refractivity contribution in [2.24, 2.45) is 5.41 Å². The fourth-order valence-corrected chi connectivity index (χ4v) is 5.77. The van der Waals surface area contributed by atoms with Crippen LogP contribution in [0.2, 0.25) is 0 Å². The number of nitrogens with zero attached hydrogens (tertiary/aromatic N) is 1. The highest BCUT2D eigenvalue weighted by Crippen LogP contribution is 2.70. The molecule has 158 valence electrons. The Morgan fingerprint density at radius 2 is 2.03 bits per heavy atom. The SMILES string of the molecule is Cc1ccc(OCC(=O)CC23CC(Nc4cccc5c4CCN(C)C5)(C2)C3)cc1F. The van der Waals surface area contributed by atoms with Crippen molar-refractivity contribution >= 4 is 11.5 Å². The number of hydrogen-bond donors (Lipinski definition) is 1. The van der Waals surface area contributed by atoms with Crippen LogP contribution in [0.25, 0.3) is 0 Å². The Morgan fingerprint density at radius 1 is 1.23 bits per heavy atom. The lowest BCUT2D eigenvalue weighted by Crippen LogP contribution is -2.71. The normalized spacial score (nSPS) is 26.9. The Balaban J connectivity index is 1.14. The van der Waals surface area contributed by atoms with Gasteiger partial charge in [-0.2, -0.15) is 0 Å². The van der Waals surface area contributed by atoms with Gasteiger partial charge in [0, 0.05) is 36.8 Å². The number of aryl methyl sites for hydroxylation is 1. The molecule has 2 aromatic carbocycles. The first-order valence-corrected chi connectivity index (χ1v) is 10.8. The first-order valence-electron chi connectivity index (χ1n) is 10.8. The molecule has 2 bridgehead atoms. The van der Waals surface area contributed by atoms with Crippen molar-refractivity contribution in [1.82, 2.24) is 4.90 Å². The van der Waals surface area contributed by atoms with E-state index in [1.54, 1.807) is 19.1 Å². The fourth-order valence-electron chi connectivity index (χ4n) is 5.77. The summed E-state index contributed by atoms with van der Waals surface area (Å²) in [6, 6.07) is 11.3. The molecular weight excluding hydrogens is 379 g/mol. The number of anilines is 1. The van der Waals surface area contributed by atoms with Crippen LogP contribution in [0.1, 0.15) is 42.4 Å². The summed E-state index contributed by atoms with van der Waals surface area (Å²) in [5.74, 6) is 0.216. The Kier molecular flexibility index (Phi) is 4.62. The molecule has 3 saturated carbocycles. The summed E-state index contributed by atoms with van der Waals surface area (Å²) >= 11 is 0. The van der Waals surface area contributed by atoms with Crippen LogP contribution in [0.3, 0.4) is 0 Å². The van der Waals surface area contributed by atoms with Crippen molar-refractivity contribution in [2.75, 3.05) is 25.5 Å². The molecule has 4 aliphatic rings. The monoisotopic (exact) mass is 408 g/mol. The number of hydrogen-bond acceptors (Lipinski definition) is 4. The number of carbonyl (C=O) groups is 1. The highest BCUT2D eigenvalue weighted by Gasteiger charge is 2.68. The number of halogens is 1. The molecule has 0 aromatic heterocycles. The highest BCUT2D eigenvalue weighted by molar-refractivity contribution is 5.81. The van der Waals surface area contributed by atoms with Gasteiger partial charge in [0.25, 0.3) is 0 Å². The minimum absolute atomic E-state index is 0.0182. The zero-order valence-electron chi connectivity index (χ0n) is 17.8. The van der Waals surface area contributed by atoms with E-state index in [4.69, 9.17) is 4.74 Å². The minimum atomic E-state index is -0.304. The largest absolute Gasteiger partial charge is 0.486 e. The van der Waals surface area contributed by atoms with Crippen molar-refractivity contribution in [2.45, 2.75) is 51.1 Å². The van der Waals surface area contributed by atoms with Gasteiger partial charge in [-0.15, -0.1) is 0 Å². The average Bonchev–Trinajstić information content (AvgIpc) is 2.66. The summed E-state index contributed by atoms with van der Waals surface area (Å²) in [5.41, 5.74) is 5.05. The lowest BCUT2D eigenvalue weighted by molar-refractivity contribution is -0.147. The summed E-state index contributed by atoms with van der Waals surface area (Å²) < 4.78 is 19.1. The second kappa shape index (κ2) is 7.09. The molecule has 6 rings (SSSR count). The van der Waals surface area contributed by atoms with Crippen molar-refractivity contribution in [3.63, 3.8) is 0 Å². The quantitative estimate of drug-likeness (QED) is 0.733. The van der Waals surface area contributed by atoms with E-state index in [2.05, 4.69) is 35.5 Å². The smallest absolute Gasteiger partial charge is 0.170 e. The lowest BCUT2D eigenvalue weighted by Gasteiger charge is -2.71. The minimum Gasteiger partial charge on any atom is -0.486 e. The maximum Gasteiger partial charge on any atom is 0.170 e. The van der Waals surface area contributed by atoms with E-state index in [9.17, 15) is 9.18 Å². The van der Waals surface area contributed by atoms with Gasteiger partial charge in [0.05, 0.1) is 0 Å². The molecule has 0 atom stereocenters. The average molecular weight is 409 g/mol. The topological polar surface area (TPSA) is 41.6 Å². The highest BCUT2D eigenvalue weighted by atomic mass is 19.1. The molecule has 0 saturated heterocycles. The molecule has 0 radical (unpaired) electrons. The predicted molar refractivity (Wildman–Crippen MR) is 115 cm³/mol. The molecule has 4 nitrogen and oxygen atoms in total. The Morgan fingerprint density at radius 3 is 2.80 bits per heavy atom. The number of fused-ring (bicyclic) bond motifs is 1. The maximum absolute atomic E-state index is 13.6. The van der Waals surface area contributed by atoms with E-state index >= 15 is 0 Å². The van der Waals surface area contributed by atoms with Crippen LogP contribution in [0.5, 0.6) is 5.75 Å². The predicted octanol–water partition coefficient (Wildman–Crippen LogP) is 4.49. The number of nitrogens with one attached hydrogen (secondary N) is 1. The third-order valence-corrected chi connectivity index (χ3v) is 7.11. The lowest BCUT2D eigenvalue weighted by atomic mass is 9.38. The van der Waals surface area contributed by atoms with Crippen LogP contribution in [0, 0.1) is 18.2 Å². The Labute approximate surface area is 177 Å². The van der Waals surface area contributed by atoms with Crippen LogP contribution in [0.4, 0.5) is 10.1 Å². The van der Waals surface area contributed by atoms with Gasteiger partial charge in [0.2, 0.25) is 0 Å². The number of benzene rings is 2. The molecule has 0 amide bonds. The molecule has 0 unspecified atom stereocenters. The number of Topliss-reactive ketones (excluding diaryl/α,β-unsaturated/α-hetero) is 1. The number of ketones is 1. The summed E-state index contributed by atoms with van der Waals surface area (Å²) in [5, 5.41) is 3.83. The molecule has 2 aromatic rings. The number of carbonyl (C=O) groups excluding carboxylic acids is 1. The van der Waals surface area contributed by atoms with Gasteiger partial charge < -0.3 is 15.0 Å². The van der Waals surface area contributed by atoms with E-state index in [1.165, 1.54) is 22.9 Å². The van der Waals surface area contributed by atoms with Crippen LogP contribution in [-0.2, 0) is 17.8 Å². The van der Waals surface area contributed by atoms with Crippen molar-refractivity contribution in [1.29, 1.82) is 0 Å². The van der Waals surface area contributed by atoms with Crippen LogP contribution >= 0.6 is 0 Å². The van der Waals surface area contributed by atoms with E-state index in [1.807, 2.05) is 0 Å². The van der Waals surface area contributed by atoms with E-state index in [0.29, 0.717) is 17.7 Å². The third-order valence-electron chi connectivity index (χ3n) is 7.11. The van der Waals surface area contributed by atoms with Gasteiger partial charge in [0.15, 0.2) is 5.78 Å². The van der Waals surface area contributed by atoms with Crippen molar-refractivity contribution < 1.29 is 13.9 Å². The van der Waals surface area contributed by atoms with Crippen LogP contribution in [0.15, 0.2) is 36.4 Å². The molecule has 30 heavy (non-hydrogen) atoms. The van der Waals surface area contributed by atoms with Gasteiger partial charge >= 0.3 is 0 Å². The molecule has 0 spiro atoms. The second-order valence-corrected chi connectivity index (χ2v) is 9.78. The molecule has 5 heteroatoms. The summed E-state index contributed by atoms with van der Waals surface area (Å²) in [4.78, 5) is 14.8. The summed E-state index contributed by atoms with van der Waals surface area (Å²) in [6.45, 7) is 3.84. The summed E-state index contributed by atoms with van der Waals surface area (Å²) in [7, 11) is 2.17. The Hall–Kier alpha value is -2.40. The number of ether oxygens (including phenoxy) is 1. The maximum atomic E-state index is 13.6. The first-order chi connectivity index (χ1) is 14.4. The second-order valence-electron chi connectivity index (χ2n) is 9.78. The summed E-state index contributed by atoms with van der Waals surface area (Å²) in [6.07, 6.45) is 4.80. The molecule has 3 fully saturated rings. The van der Waals surface area contributed by atoms with Gasteiger partial charge in [-0.05, 0) is 73.9 Å². The number of likely N-dealkylation sites (N-methyl/N-ethyl adjacent to an activating group) is 1. The van der Waals surface area contributed by atoms with Crippen molar-refractivity contribution in [3.8, 4) is 5.75 Å². The van der Waals surface area contributed by atoms with E-state index in [-0.39, 0.29) is 29.2 Å². The third kappa shape index (κ3) is 3.49. The molecule has 3 aliphatic carbocycles. The zero-order chi connectivity index (χ0) is 20.9. The van der Waals surface area contributed by atoms with E-state index < -0.39 is 0 Å².